The molecule has 0 spiro atoms. The Hall–Kier alpha value is -1.38. The molecular weight excluding hydrogens is 226 g/mol. The fourth-order valence-electron chi connectivity index (χ4n) is 2.93. The van der Waals surface area contributed by atoms with E-state index in [1.165, 1.54) is 5.56 Å². The normalized spacial score (nSPS) is 20.6. The van der Waals surface area contributed by atoms with Crippen molar-refractivity contribution in [3.8, 4) is 0 Å². The summed E-state index contributed by atoms with van der Waals surface area (Å²) < 4.78 is 5.08. The van der Waals surface area contributed by atoms with Gasteiger partial charge in [0.25, 0.3) is 0 Å². The van der Waals surface area contributed by atoms with E-state index in [0.29, 0.717) is 18.1 Å². The van der Waals surface area contributed by atoms with E-state index in [4.69, 9.17) is 4.74 Å². The number of carbonyl (C=O) groups excluding carboxylic acids is 1. The first-order valence-corrected chi connectivity index (χ1v) is 6.56. The summed E-state index contributed by atoms with van der Waals surface area (Å²) in [5.74, 6) is 0.200. The molecule has 1 aromatic heterocycles. The first kappa shape index (κ1) is 13.1. The number of aromatic nitrogens is 1. The van der Waals surface area contributed by atoms with Crippen molar-refractivity contribution in [3.63, 3.8) is 0 Å². The van der Waals surface area contributed by atoms with Crippen molar-refractivity contribution in [2.45, 2.75) is 52.4 Å². The van der Waals surface area contributed by atoms with Crippen molar-refractivity contribution in [3.05, 3.63) is 28.6 Å². The highest BCUT2D eigenvalue weighted by atomic mass is 16.5. The van der Waals surface area contributed by atoms with Crippen LogP contribution in [0.1, 0.15) is 67.3 Å². The molecule has 0 fully saturated rings. The Balaban J connectivity index is 2.51. The lowest BCUT2D eigenvalue weighted by atomic mass is 9.86. The summed E-state index contributed by atoms with van der Waals surface area (Å²) >= 11 is 0. The van der Waals surface area contributed by atoms with Crippen molar-refractivity contribution < 1.29 is 9.53 Å². The molecule has 0 N–H and O–H groups in total. The summed E-state index contributed by atoms with van der Waals surface area (Å²) in [6.45, 7) is 10.7. The first-order chi connectivity index (χ1) is 8.36. The third kappa shape index (κ3) is 2.02. The van der Waals surface area contributed by atoms with Crippen LogP contribution >= 0.6 is 0 Å². The average molecular weight is 247 g/mol. The molecule has 1 aliphatic carbocycles. The minimum Gasteiger partial charge on any atom is -0.462 e. The lowest BCUT2D eigenvalue weighted by Crippen LogP contribution is -2.15. The van der Waals surface area contributed by atoms with Crippen LogP contribution in [0.3, 0.4) is 0 Å². The Morgan fingerprint density at radius 3 is 2.83 bits per heavy atom. The minimum absolute atomic E-state index is 0.0939. The van der Waals surface area contributed by atoms with Gasteiger partial charge in [-0.05, 0) is 43.2 Å². The lowest BCUT2D eigenvalue weighted by molar-refractivity contribution is 0.0524. The number of hydrogen-bond acceptors (Lipinski definition) is 3. The van der Waals surface area contributed by atoms with Crippen molar-refractivity contribution in [1.29, 1.82) is 0 Å². The number of aryl methyl sites for hydroxylation is 1. The van der Waals surface area contributed by atoms with Crippen LogP contribution in [0.25, 0.3) is 0 Å². The summed E-state index contributed by atoms with van der Waals surface area (Å²) in [7, 11) is 0. The van der Waals surface area contributed by atoms with E-state index in [1.54, 1.807) is 0 Å². The van der Waals surface area contributed by atoms with Crippen molar-refractivity contribution in [2.24, 2.45) is 0 Å². The third-order valence-corrected chi connectivity index (χ3v) is 3.75. The molecule has 1 atom stereocenters. The summed E-state index contributed by atoms with van der Waals surface area (Å²) in [6.07, 6.45) is 1.08. The van der Waals surface area contributed by atoms with E-state index in [9.17, 15) is 4.79 Å². The molecule has 1 unspecified atom stereocenters. The van der Waals surface area contributed by atoms with Crippen LogP contribution < -0.4 is 0 Å². The van der Waals surface area contributed by atoms with Gasteiger partial charge in [0.15, 0.2) is 0 Å². The predicted octanol–water partition coefficient (Wildman–Crippen LogP) is 3.35. The number of esters is 1. The van der Waals surface area contributed by atoms with Gasteiger partial charge in [-0.2, -0.15) is 0 Å². The highest BCUT2D eigenvalue weighted by Crippen LogP contribution is 2.45. The van der Waals surface area contributed by atoms with Crippen molar-refractivity contribution >= 4 is 5.97 Å². The molecule has 3 heteroatoms. The molecule has 0 amide bonds. The number of fused-ring (bicyclic) bond motifs is 1. The van der Waals surface area contributed by atoms with Gasteiger partial charge in [0.2, 0.25) is 0 Å². The Kier molecular flexibility index (Phi) is 3.18. The summed E-state index contributed by atoms with van der Waals surface area (Å²) in [5, 5.41) is 0. The van der Waals surface area contributed by atoms with Gasteiger partial charge >= 0.3 is 5.97 Å². The number of carbonyl (C=O) groups is 1. The third-order valence-electron chi connectivity index (χ3n) is 3.75. The Labute approximate surface area is 109 Å². The number of nitrogens with zero attached hydrogens (tertiary/aromatic N) is 1. The van der Waals surface area contributed by atoms with Gasteiger partial charge in [-0.1, -0.05) is 20.8 Å². The van der Waals surface area contributed by atoms with Crippen LogP contribution in [-0.2, 0) is 10.2 Å². The second-order valence-corrected chi connectivity index (χ2v) is 5.76. The SMILES string of the molecule is CCOC(=O)c1cc2c(nc1C)C(C)CC2(C)C. The Morgan fingerprint density at radius 1 is 1.56 bits per heavy atom. The van der Waals surface area contributed by atoms with E-state index in [-0.39, 0.29) is 11.4 Å². The highest BCUT2D eigenvalue weighted by Gasteiger charge is 2.37. The number of pyridine rings is 1. The van der Waals surface area contributed by atoms with Gasteiger partial charge in [0.05, 0.1) is 17.9 Å². The zero-order chi connectivity index (χ0) is 13.5. The summed E-state index contributed by atoms with van der Waals surface area (Å²) in [4.78, 5) is 16.5. The van der Waals surface area contributed by atoms with E-state index in [0.717, 1.165) is 17.8 Å². The number of ether oxygens (including phenoxy) is 1. The van der Waals surface area contributed by atoms with Crippen molar-refractivity contribution in [2.75, 3.05) is 6.61 Å². The molecule has 3 nitrogen and oxygen atoms in total. The molecule has 1 heterocycles. The highest BCUT2D eigenvalue weighted by molar-refractivity contribution is 5.91. The molecule has 2 rings (SSSR count). The Bertz CT molecular complexity index is 492. The number of rotatable bonds is 2. The quantitative estimate of drug-likeness (QED) is 0.752. The van der Waals surface area contributed by atoms with E-state index >= 15 is 0 Å². The maximum absolute atomic E-state index is 11.9. The standard InChI is InChI=1S/C15H21NO2/c1-6-18-14(17)11-7-12-13(16-10(11)3)9(2)8-15(12,4)5/h7,9H,6,8H2,1-5H3. The molecule has 18 heavy (non-hydrogen) atoms. The molecular formula is C15H21NO2. The molecule has 0 bridgehead atoms. The average Bonchev–Trinajstić information content (AvgIpc) is 2.48. The fraction of sp³-hybridized carbons (Fsp3) is 0.600. The number of hydrogen-bond donors (Lipinski definition) is 0. The van der Waals surface area contributed by atoms with Gasteiger partial charge in [0, 0.05) is 5.69 Å². The molecule has 0 aliphatic heterocycles. The molecule has 0 saturated carbocycles. The molecule has 1 aromatic rings. The first-order valence-electron chi connectivity index (χ1n) is 6.56. The molecule has 0 radical (unpaired) electrons. The predicted molar refractivity (Wildman–Crippen MR) is 71.0 cm³/mol. The van der Waals surface area contributed by atoms with E-state index < -0.39 is 0 Å². The van der Waals surface area contributed by atoms with Crippen LogP contribution in [0, 0.1) is 6.92 Å². The van der Waals surface area contributed by atoms with Crippen LogP contribution in [0.5, 0.6) is 0 Å². The van der Waals surface area contributed by atoms with Crippen LogP contribution in [0.4, 0.5) is 0 Å². The maximum Gasteiger partial charge on any atom is 0.339 e. The van der Waals surface area contributed by atoms with Gasteiger partial charge in [0.1, 0.15) is 0 Å². The monoisotopic (exact) mass is 247 g/mol. The fourth-order valence-corrected chi connectivity index (χ4v) is 2.93. The topological polar surface area (TPSA) is 39.2 Å². The van der Waals surface area contributed by atoms with Gasteiger partial charge < -0.3 is 4.74 Å². The van der Waals surface area contributed by atoms with Crippen LogP contribution in [0.2, 0.25) is 0 Å². The zero-order valence-electron chi connectivity index (χ0n) is 11.8. The Morgan fingerprint density at radius 2 is 2.22 bits per heavy atom. The summed E-state index contributed by atoms with van der Waals surface area (Å²) in [5.41, 5.74) is 3.82. The van der Waals surface area contributed by atoms with Gasteiger partial charge in [-0.15, -0.1) is 0 Å². The van der Waals surface area contributed by atoms with Gasteiger partial charge in [-0.3, -0.25) is 4.98 Å². The lowest BCUT2D eigenvalue weighted by Gasteiger charge is -2.19. The summed E-state index contributed by atoms with van der Waals surface area (Å²) in [6, 6.07) is 1.99. The molecule has 0 aromatic carbocycles. The van der Waals surface area contributed by atoms with Gasteiger partial charge in [-0.25, -0.2) is 4.79 Å². The second kappa shape index (κ2) is 4.38. The molecule has 0 saturated heterocycles. The van der Waals surface area contributed by atoms with E-state index in [2.05, 4.69) is 25.8 Å². The van der Waals surface area contributed by atoms with Crippen molar-refractivity contribution in [1.82, 2.24) is 4.98 Å². The smallest absolute Gasteiger partial charge is 0.339 e. The zero-order valence-corrected chi connectivity index (χ0v) is 11.8. The minimum atomic E-state index is -0.263. The maximum atomic E-state index is 11.9. The molecule has 1 aliphatic rings. The molecule has 98 valence electrons. The second-order valence-electron chi connectivity index (χ2n) is 5.76. The van der Waals surface area contributed by atoms with E-state index in [1.807, 2.05) is 19.9 Å². The van der Waals surface area contributed by atoms with Crippen LogP contribution in [-0.4, -0.2) is 17.6 Å². The van der Waals surface area contributed by atoms with Crippen LogP contribution in [0.15, 0.2) is 6.07 Å². The largest absolute Gasteiger partial charge is 0.462 e.